The van der Waals surface area contributed by atoms with Crippen molar-refractivity contribution >= 4 is 63.0 Å². The maximum absolute atomic E-state index is 13.5. The Hall–Kier alpha value is -5.44. The maximum atomic E-state index is 13.5. The summed E-state index contributed by atoms with van der Waals surface area (Å²) in [5.41, 5.74) is 3.09. The highest BCUT2D eigenvalue weighted by Gasteiger charge is 2.22. The van der Waals surface area contributed by atoms with E-state index in [0.29, 0.717) is 34.8 Å². The Kier molecular flexibility index (Phi) is 10.7. The number of amides is 3. The van der Waals surface area contributed by atoms with Crippen molar-refractivity contribution in [3.8, 4) is 0 Å². The average Bonchev–Trinajstić information content (AvgIpc) is 3.36. The van der Waals surface area contributed by atoms with Crippen LogP contribution in [-0.2, 0) is 28.0 Å². The molecule has 45 heavy (non-hydrogen) atoms. The molecule has 0 aliphatic rings. The summed E-state index contributed by atoms with van der Waals surface area (Å²) in [6, 6.07) is 16.1. The van der Waals surface area contributed by atoms with E-state index in [9.17, 15) is 29.2 Å². The molecule has 0 aliphatic carbocycles. The molecule has 2 heterocycles. The summed E-state index contributed by atoms with van der Waals surface area (Å²) >= 11 is 1.03. The van der Waals surface area contributed by atoms with Crippen LogP contribution in [-0.4, -0.2) is 66.7 Å². The molecule has 0 saturated heterocycles. The lowest BCUT2D eigenvalue weighted by Crippen LogP contribution is -2.41. The van der Waals surface area contributed by atoms with E-state index < -0.39 is 29.7 Å². The first-order valence-corrected chi connectivity index (χ1v) is 14.7. The molecule has 4 rings (SSSR count). The number of hydrogen-bond donors (Lipinski definition) is 4. The fourth-order valence-corrected chi connectivity index (χ4v) is 5.24. The van der Waals surface area contributed by atoms with Crippen molar-refractivity contribution in [3.63, 3.8) is 0 Å². The number of anilines is 2. The topological polar surface area (TPSA) is 200 Å². The number of hydrogen-bond acceptors (Lipinski definition) is 10. The van der Waals surface area contributed by atoms with Gasteiger partial charge in [-0.2, -0.15) is 0 Å². The lowest BCUT2D eigenvalue weighted by molar-refractivity contribution is -0.140. The molecule has 0 spiro atoms. The van der Waals surface area contributed by atoms with Gasteiger partial charge in [-0.1, -0.05) is 18.2 Å². The van der Waals surface area contributed by atoms with Crippen LogP contribution in [0, 0.1) is 10.3 Å². The lowest BCUT2D eigenvalue weighted by Gasteiger charge is -2.21. The van der Waals surface area contributed by atoms with E-state index in [0.717, 1.165) is 23.0 Å². The van der Waals surface area contributed by atoms with E-state index in [2.05, 4.69) is 20.8 Å². The lowest BCUT2D eigenvalue weighted by atomic mass is 10.1. The number of imidazole rings is 1. The van der Waals surface area contributed by atoms with E-state index in [1.807, 2.05) is 11.6 Å². The van der Waals surface area contributed by atoms with Crippen molar-refractivity contribution in [2.75, 3.05) is 22.5 Å². The zero-order chi connectivity index (χ0) is 32.5. The summed E-state index contributed by atoms with van der Waals surface area (Å²) in [4.78, 5) is 68.4. The van der Waals surface area contributed by atoms with Gasteiger partial charge in [0.25, 0.3) is 11.8 Å². The van der Waals surface area contributed by atoms with Gasteiger partial charge < -0.3 is 20.3 Å². The van der Waals surface area contributed by atoms with Crippen molar-refractivity contribution in [1.29, 1.82) is 5.41 Å². The minimum Gasteiger partial charge on any atom is -0.480 e. The van der Waals surface area contributed by atoms with E-state index in [1.54, 1.807) is 60.7 Å². The first-order valence-electron chi connectivity index (χ1n) is 13.7. The zero-order valence-corrected chi connectivity index (χ0v) is 25.2. The van der Waals surface area contributed by atoms with Gasteiger partial charge in [0, 0.05) is 54.5 Å². The summed E-state index contributed by atoms with van der Waals surface area (Å²) in [7, 11) is 1.86. The molecule has 232 valence electrons. The highest BCUT2D eigenvalue weighted by atomic mass is 32.2. The molecule has 0 fully saturated rings. The van der Waals surface area contributed by atoms with Gasteiger partial charge in [-0.3, -0.25) is 24.7 Å². The largest absolute Gasteiger partial charge is 0.480 e. The van der Waals surface area contributed by atoms with E-state index >= 15 is 0 Å². The number of nitrogens with zero attached hydrogens (tertiary/aromatic N) is 5. The monoisotopic (exact) mass is 630 g/mol. The van der Waals surface area contributed by atoms with Gasteiger partial charge in [0.15, 0.2) is 0 Å². The third-order valence-corrected chi connectivity index (χ3v) is 7.73. The van der Waals surface area contributed by atoms with Crippen LogP contribution in [0.2, 0.25) is 0 Å². The second-order valence-electron chi connectivity index (χ2n) is 9.83. The number of benzene rings is 2. The van der Waals surface area contributed by atoms with Gasteiger partial charge >= 0.3 is 5.97 Å². The van der Waals surface area contributed by atoms with Gasteiger partial charge in [-0.05, 0) is 42.5 Å². The predicted octanol–water partition coefficient (Wildman–Crippen LogP) is 3.56. The number of nitroso groups, excluding NO2 is 1. The van der Waals surface area contributed by atoms with Crippen molar-refractivity contribution < 1.29 is 24.3 Å². The van der Waals surface area contributed by atoms with E-state index in [4.69, 9.17) is 10.4 Å². The van der Waals surface area contributed by atoms with Gasteiger partial charge in [0.05, 0.1) is 29.0 Å². The van der Waals surface area contributed by atoms with Crippen LogP contribution in [0.1, 0.15) is 35.1 Å². The number of fused-ring (bicyclic) bond motifs is 1. The molecule has 1 unspecified atom stereocenters. The minimum atomic E-state index is -1.16. The first-order chi connectivity index (χ1) is 21.6. The Morgan fingerprint density at radius 2 is 1.82 bits per heavy atom. The molecule has 15 heteroatoms. The second kappa shape index (κ2) is 14.8. The zero-order valence-electron chi connectivity index (χ0n) is 24.4. The summed E-state index contributed by atoms with van der Waals surface area (Å²) in [5.74, 6) is -1.83. The quantitative estimate of drug-likeness (QED) is 0.0962. The molecule has 2 aromatic carbocycles. The van der Waals surface area contributed by atoms with Gasteiger partial charge in [-0.15, -0.1) is 16.7 Å². The number of thioether (sulfide) groups is 1. The first kappa shape index (κ1) is 32.5. The number of pyridine rings is 1. The molecule has 4 aromatic rings. The summed E-state index contributed by atoms with van der Waals surface area (Å²) in [6.45, 7) is 1.54. The number of rotatable bonds is 13. The average molecular weight is 631 g/mol. The fraction of sp³-hybridized carbons (Fsp3) is 0.233. The number of carbonyl (C=O) groups excluding carboxylic acids is 3. The van der Waals surface area contributed by atoms with E-state index in [1.165, 1.54) is 18.0 Å². The Labute approximate surface area is 261 Å². The molecule has 2 aromatic heterocycles. The standard InChI is InChI=1S/C30H30N8O6S/c1-18(39)34-23(30(42)43)17-45-28(31)19-6-9-21(10-7-19)33-16-26-35-22-15-20(8-11-24(22)37(26)2)29(41)38(14-12-27(40)36-44)25-5-3-4-13-32-25/h3-11,13,15,23,31,33H,12,14,16-17H2,1-2H3,(H,34,39)(H,42,43). The molecule has 3 amide bonds. The number of carboxylic acids is 1. The van der Waals surface area contributed by atoms with Crippen LogP contribution in [0.3, 0.4) is 0 Å². The second-order valence-corrected chi connectivity index (χ2v) is 10.9. The van der Waals surface area contributed by atoms with Crippen molar-refractivity contribution in [3.05, 3.63) is 88.7 Å². The molecule has 4 N–H and O–H groups in total. The molecular weight excluding hydrogens is 600 g/mol. The highest BCUT2D eigenvalue weighted by molar-refractivity contribution is 8.14. The smallest absolute Gasteiger partial charge is 0.327 e. The molecular formula is C30H30N8O6S. The minimum absolute atomic E-state index is 0.0201. The molecule has 14 nitrogen and oxygen atoms in total. The Bertz CT molecular complexity index is 1740. The number of aromatic nitrogens is 3. The Balaban J connectivity index is 1.43. The summed E-state index contributed by atoms with van der Waals surface area (Å²) in [5, 5.41) is 25.8. The van der Waals surface area contributed by atoms with Crippen LogP contribution >= 0.6 is 11.8 Å². The Morgan fingerprint density at radius 1 is 1.09 bits per heavy atom. The maximum Gasteiger partial charge on any atom is 0.327 e. The molecule has 0 radical (unpaired) electrons. The van der Waals surface area contributed by atoms with Crippen LogP contribution < -0.4 is 15.5 Å². The number of carboxylic acid groups (broad SMARTS) is 1. The molecule has 1 atom stereocenters. The van der Waals surface area contributed by atoms with Gasteiger partial charge in [0.1, 0.15) is 17.7 Å². The number of carbonyl (C=O) groups is 4. The van der Waals surface area contributed by atoms with Gasteiger partial charge in [0.2, 0.25) is 5.91 Å². The molecule has 0 aliphatic heterocycles. The van der Waals surface area contributed by atoms with Crippen molar-refractivity contribution in [1.82, 2.24) is 19.9 Å². The van der Waals surface area contributed by atoms with Crippen LogP contribution in [0.15, 0.2) is 72.0 Å². The highest BCUT2D eigenvalue weighted by Crippen LogP contribution is 2.22. The predicted molar refractivity (Wildman–Crippen MR) is 170 cm³/mol. The number of aryl methyl sites for hydroxylation is 1. The van der Waals surface area contributed by atoms with Crippen molar-refractivity contribution in [2.24, 2.45) is 12.2 Å². The summed E-state index contributed by atoms with van der Waals surface area (Å²) < 4.78 is 1.90. The SMILES string of the molecule is CC(=O)NC(CSC(=N)c1ccc(NCc2nc3cc(C(=O)N(CCC(=O)N=O)c4ccccn4)ccc3n2C)cc1)C(=O)O. The number of nitrogens with one attached hydrogen (secondary N) is 3. The third-order valence-electron chi connectivity index (χ3n) is 6.71. The molecule has 0 saturated carbocycles. The van der Waals surface area contributed by atoms with Crippen LogP contribution in [0.4, 0.5) is 11.5 Å². The summed E-state index contributed by atoms with van der Waals surface area (Å²) in [6.07, 6.45) is 1.29. The normalized spacial score (nSPS) is 11.4. The Morgan fingerprint density at radius 3 is 2.47 bits per heavy atom. The number of aliphatic carboxylic acids is 1. The van der Waals surface area contributed by atoms with Crippen LogP contribution in [0.25, 0.3) is 11.0 Å². The van der Waals surface area contributed by atoms with Crippen LogP contribution in [0.5, 0.6) is 0 Å². The fourth-order valence-electron chi connectivity index (χ4n) is 4.37. The van der Waals surface area contributed by atoms with E-state index in [-0.39, 0.29) is 23.8 Å². The third kappa shape index (κ3) is 8.35. The molecule has 0 bridgehead atoms. The van der Waals surface area contributed by atoms with Gasteiger partial charge in [-0.25, -0.2) is 14.8 Å². The van der Waals surface area contributed by atoms with Crippen molar-refractivity contribution in [2.45, 2.75) is 25.9 Å².